The number of non-ortho nitro benzene ring substituents is 1. The van der Waals surface area contributed by atoms with E-state index in [1.54, 1.807) is 17.0 Å². The fourth-order valence-corrected chi connectivity index (χ4v) is 5.24. The molecule has 23 heavy (non-hydrogen) atoms. The molecule has 1 aromatic carbocycles. The normalized spacial score (nSPS) is 36.3. The Bertz CT molecular complexity index is 566. The second-order valence-electron chi connectivity index (χ2n) is 7.79. The van der Waals surface area contributed by atoms with Crippen molar-refractivity contribution in [1.82, 2.24) is 0 Å². The highest BCUT2D eigenvalue weighted by molar-refractivity contribution is 5.32. The molecule has 2 saturated carbocycles. The molecule has 1 aliphatic heterocycles. The van der Waals surface area contributed by atoms with Gasteiger partial charge in [-0.3, -0.25) is 10.1 Å². The second kappa shape index (κ2) is 6.21. The third kappa shape index (κ3) is 3.12. The molecular formula is C18H27N3O2+2. The van der Waals surface area contributed by atoms with E-state index in [0.717, 1.165) is 24.4 Å². The molecule has 3 aliphatic rings. The van der Waals surface area contributed by atoms with Crippen LogP contribution >= 0.6 is 0 Å². The number of hydrogen-bond acceptors (Lipinski definition) is 2. The van der Waals surface area contributed by atoms with Gasteiger partial charge in [0.15, 0.2) is 0 Å². The zero-order valence-corrected chi connectivity index (χ0v) is 13.7. The lowest BCUT2D eigenvalue weighted by Gasteiger charge is -2.36. The summed E-state index contributed by atoms with van der Waals surface area (Å²) in [5.41, 5.74) is 1.41. The Labute approximate surface area is 137 Å². The van der Waals surface area contributed by atoms with Gasteiger partial charge in [0.2, 0.25) is 0 Å². The molecule has 124 valence electrons. The number of hydrogen-bond donors (Lipinski definition) is 2. The van der Waals surface area contributed by atoms with Gasteiger partial charge < -0.3 is 9.80 Å². The van der Waals surface area contributed by atoms with Gasteiger partial charge in [-0.15, -0.1) is 0 Å². The minimum Gasteiger partial charge on any atom is -0.323 e. The van der Waals surface area contributed by atoms with Crippen LogP contribution in [-0.2, 0) is 6.54 Å². The van der Waals surface area contributed by atoms with Crippen molar-refractivity contribution in [2.45, 2.75) is 38.3 Å². The van der Waals surface area contributed by atoms with Crippen molar-refractivity contribution in [3.63, 3.8) is 0 Å². The van der Waals surface area contributed by atoms with E-state index in [2.05, 4.69) is 0 Å². The van der Waals surface area contributed by atoms with Gasteiger partial charge in [-0.05, 0) is 37.3 Å². The van der Waals surface area contributed by atoms with Crippen LogP contribution < -0.4 is 9.80 Å². The Balaban J connectivity index is 1.29. The number of benzene rings is 1. The third-order valence-electron chi connectivity index (χ3n) is 6.46. The summed E-state index contributed by atoms with van der Waals surface area (Å²) >= 11 is 0. The Morgan fingerprint density at radius 2 is 1.78 bits per heavy atom. The number of quaternary nitrogens is 2. The molecule has 2 N–H and O–H groups in total. The third-order valence-corrected chi connectivity index (χ3v) is 6.46. The van der Waals surface area contributed by atoms with Gasteiger partial charge in [-0.25, -0.2) is 0 Å². The fourth-order valence-electron chi connectivity index (χ4n) is 5.24. The Kier molecular flexibility index (Phi) is 4.07. The van der Waals surface area contributed by atoms with Crippen molar-refractivity contribution >= 4 is 5.69 Å². The number of nitro groups is 1. The molecule has 3 fully saturated rings. The predicted octanol–water partition coefficient (Wildman–Crippen LogP) is 0.0668. The smallest absolute Gasteiger partial charge is 0.269 e. The van der Waals surface area contributed by atoms with Crippen molar-refractivity contribution in [2.75, 3.05) is 26.2 Å². The molecule has 4 rings (SSSR count). The second-order valence-corrected chi connectivity index (χ2v) is 7.79. The standard InChI is InChI=1S/C18H25N3O2/c22-21(23)17-5-2-14(3-6-17)13-19-7-9-20(10-8-19)18-12-15-1-4-16(18)11-15/h2-3,5-6,15-16,18H,1,4,7-13H2/p+2/t15-,16+,18+/m1/s1. The number of piperazine rings is 1. The maximum Gasteiger partial charge on any atom is 0.269 e. The first kappa shape index (κ1) is 15.1. The van der Waals surface area contributed by atoms with Crippen molar-refractivity contribution < 1.29 is 14.7 Å². The number of rotatable bonds is 4. The summed E-state index contributed by atoms with van der Waals surface area (Å²) in [6.45, 7) is 6.08. The molecule has 2 bridgehead atoms. The molecule has 5 heteroatoms. The zero-order valence-electron chi connectivity index (χ0n) is 13.7. The van der Waals surface area contributed by atoms with Crippen LogP contribution in [0.5, 0.6) is 0 Å². The van der Waals surface area contributed by atoms with Gasteiger partial charge in [-0.1, -0.05) is 0 Å². The molecule has 1 heterocycles. The van der Waals surface area contributed by atoms with Crippen molar-refractivity contribution in [1.29, 1.82) is 0 Å². The van der Waals surface area contributed by atoms with E-state index in [-0.39, 0.29) is 10.6 Å². The van der Waals surface area contributed by atoms with E-state index in [1.165, 1.54) is 57.4 Å². The van der Waals surface area contributed by atoms with Crippen LogP contribution in [0.1, 0.15) is 31.2 Å². The van der Waals surface area contributed by atoms with E-state index < -0.39 is 0 Å². The van der Waals surface area contributed by atoms with Gasteiger partial charge >= 0.3 is 0 Å². The quantitative estimate of drug-likeness (QED) is 0.610. The van der Waals surface area contributed by atoms with Crippen LogP contribution in [0.4, 0.5) is 5.69 Å². The highest BCUT2D eigenvalue weighted by Crippen LogP contribution is 2.43. The summed E-state index contributed by atoms with van der Waals surface area (Å²) in [6, 6.07) is 8.05. The van der Waals surface area contributed by atoms with Gasteiger partial charge in [0, 0.05) is 30.0 Å². The molecule has 0 unspecified atom stereocenters. The molecule has 1 saturated heterocycles. The minimum absolute atomic E-state index is 0.189. The Morgan fingerprint density at radius 1 is 1.04 bits per heavy atom. The van der Waals surface area contributed by atoms with E-state index >= 15 is 0 Å². The first-order valence-corrected chi connectivity index (χ1v) is 9.10. The van der Waals surface area contributed by atoms with Crippen LogP contribution in [0, 0.1) is 22.0 Å². The highest BCUT2D eigenvalue weighted by Gasteiger charge is 2.46. The average Bonchev–Trinajstić information content (AvgIpc) is 3.19. The lowest BCUT2D eigenvalue weighted by Crippen LogP contribution is -3.29. The molecule has 0 amide bonds. The minimum atomic E-state index is -0.325. The van der Waals surface area contributed by atoms with E-state index in [1.807, 2.05) is 17.0 Å². The van der Waals surface area contributed by atoms with Gasteiger partial charge in [0.25, 0.3) is 5.69 Å². The summed E-state index contributed by atoms with van der Waals surface area (Å²) in [5.74, 6) is 2.06. The summed E-state index contributed by atoms with van der Waals surface area (Å²) in [6.07, 6.45) is 5.97. The molecule has 1 aromatic rings. The van der Waals surface area contributed by atoms with Crippen LogP contribution in [-0.4, -0.2) is 37.1 Å². The van der Waals surface area contributed by atoms with Gasteiger partial charge in [0.1, 0.15) is 32.7 Å². The first-order valence-electron chi connectivity index (χ1n) is 9.10. The van der Waals surface area contributed by atoms with Crippen LogP contribution in [0.2, 0.25) is 0 Å². The van der Waals surface area contributed by atoms with E-state index in [9.17, 15) is 10.1 Å². The summed E-state index contributed by atoms with van der Waals surface area (Å²) in [7, 11) is 0. The molecule has 0 aromatic heterocycles. The van der Waals surface area contributed by atoms with Crippen molar-refractivity contribution in [2.24, 2.45) is 11.8 Å². The van der Waals surface area contributed by atoms with Crippen molar-refractivity contribution in [3.8, 4) is 0 Å². The average molecular weight is 317 g/mol. The Hall–Kier alpha value is -1.46. The number of nitrogens with zero attached hydrogens (tertiary/aromatic N) is 1. The Morgan fingerprint density at radius 3 is 2.35 bits per heavy atom. The molecule has 0 spiro atoms. The van der Waals surface area contributed by atoms with Crippen molar-refractivity contribution in [3.05, 3.63) is 39.9 Å². The monoisotopic (exact) mass is 317 g/mol. The lowest BCUT2D eigenvalue weighted by molar-refractivity contribution is -1.03. The zero-order chi connectivity index (χ0) is 15.8. The van der Waals surface area contributed by atoms with E-state index in [0.29, 0.717) is 0 Å². The SMILES string of the molecule is O=[N+]([O-])c1ccc(C[NH+]2CC[NH+]([C@H]3C[C@@H]4CC[C@H]3C4)CC2)cc1. The summed E-state index contributed by atoms with van der Waals surface area (Å²) < 4.78 is 0. The predicted molar refractivity (Wildman–Crippen MR) is 87.4 cm³/mol. The van der Waals surface area contributed by atoms with Gasteiger partial charge in [0.05, 0.1) is 11.0 Å². The molecule has 2 aliphatic carbocycles. The fraction of sp³-hybridized carbons (Fsp3) is 0.667. The molecule has 0 radical (unpaired) electrons. The maximum atomic E-state index is 10.7. The van der Waals surface area contributed by atoms with Crippen LogP contribution in [0.25, 0.3) is 0 Å². The summed E-state index contributed by atoms with van der Waals surface area (Å²) in [4.78, 5) is 13.9. The van der Waals surface area contributed by atoms with Gasteiger partial charge in [-0.2, -0.15) is 0 Å². The molecular weight excluding hydrogens is 290 g/mol. The number of fused-ring (bicyclic) bond motifs is 2. The molecule has 5 nitrogen and oxygen atoms in total. The number of nitrogens with one attached hydrogen (secondary N) is 2. The lowest BCUT2D eigenvalue weighted by atomic mass is 9.93. The summed E-state index contributed by atoms with van der Waals surface area (Å²) in [5, 5.41) is 10.7. The van der Waals surface area contributed by atoms with Crippen LogP contribution in [0.15, 0.2) is 24.3 Å². The van der Waals surface area contributed by atoms with E-state index in [4.69, 9.17) is 0 Å². The maximum absolute atomic E-state index is 10.7. The highest BCUT2D eigenvalue weighted by atomic mass is 16.6. The van der Waals surface area contributed by atoms with Crippen LogP contribution in [0.3, 0.4) is 0 Å². The first-order chi connectivity index (χ1) is 11.2. The topological polar surface area (TPSA) is 52.0 Å². The molecule has 3 atom stereocenters. The number of nitro benzene ring substituents is 1. The largest absolute Gasteiger partial charge is 0.323 e.